The minimum Gasteiger partial charge on any atom is -0.356 e. The van der Waals surface area contributed by atoms with Gasteiger partial charge >= 0.3 is 0 Å². The lowest BCUT2D eigenvalue weighted by Crippen LogP contribution is -2.34. The van der Waals surface area contributed by atoms with Crippen LogP contribution in [0, 0.1) is 5.92 Å². The van der Waals surface area contributed by atoms with Gasteiger partial charge in [-0.05, 0) is 17.9 Å². The van der Waals surface area contributed by atoms with Crippen molar-refractivity contribution in [3.63, 3.8) is 0 Å². The standard InChI is InChI=1S/C14H20N2O.ClH/c15-10-13(12-4-2-1-3-5-12)14(17)16-9-8-11-6-7-11;/h1-5,11,13H,6-10,15H2,(H,16,17);1H. The summed E-state index contributed by atoms with van der Waals surface area (Å²) in [5.41, 5.74) is 6.69. The maximum atomic E-state index is 12.0. The molecule has 1 aromatic carbocycles. The smallest absolute Gasteiger partial charge is 0.228 e. The summed E-state index contributed by atoms with van der Waals surface area (Å²) < 4.78 is 0. The fourth-order valence-electron chi connectivity index (χ4n) is 2.01. The quantitative estimate of drug-likeness (QED) is 0.830. The van der Waals surface area contributed by atoms with E-state index < -0.39 is 0 Å². The van der Waals surface area contributed by atoms with E-state index in [-0.39, 0.29) is 24.2 Å². The van der Waals surface area contributed by atoms with Crippen molar-refractivity contribution >= 4 is 18.3 Å². The van der Waals surface area contributed by atoms with Crippen LogP contribution < -0.4 is 11.1 Å². The molecular formula is C14H21ClN2O. The number of benzene rings is 1. The van der Waals surface area contributed by atoms with Gasteiger partial charge in [-0.2, -0.15) is 0 Å². The fraction of sp³-hybridized carbons (Fsp3) is 0.500. The molecule has 100 valence electrons. The van der Waals surface area contributed by atoms with Crippen LogP contribution in [0.25, 0.3) is 0 Å². The highest BCUT2D eigenvalue weighted by Gasteiger charge is 2.22. The molecule has 0 aromatic heterocycles. The largest absolute Gasteiger partial charge is 0.356 e. The van der Waals surface area contributed by atoms with Crippen molar-refractivity contribution < 1.29 is 4.79 Å². The Kier molecular flexibility index (Phi) is 6.16. The van der Waals surface area contributed by atoms with Crippen molar-refractivity contribution in [2.45, 2.75) is 25.2 Å². The van der Waals surface area contributed by atoms with Gasteiger partial charge in [-0.3, -0.25) is 4.79 Å². The Balaban J connectivity index is 0.00000162. The SMILES string of the molecule is Cl.NCC(C(=O)NCCC1CC1)c1ccccc1. The van der Waals surface area contributed by atoms with E-state index in [0.717, 1.165) is 24.4 Å². The first kappa shape index (κ1) is 15.0. The average molecular weight is 269 g/mol. The minimum atomic E-state index is -0.213. The minimum absolute atomic E-state index is 0. The predicted octanol–water partition coefficient (Wildman–Crippen LogP) is 2.07. The third-order valence-electron chi connectivity index (χ3n) is 3.30. The van der Waals surface area contributed by atoms with Crippen LogP contribution in [0.5, 0.6) is 0 Å². The van der Waals surface area contributed by atoms with Crippen molar-refractivity contribution in [1.82, 2.24) is 5.32 Å². The van der Waals surface area contributed by atoms with Gasteiger partial charge in [-0.1, -0.05) is 43.2 Å². The van der Waals surface area contributed by atoms with Crippen LogP contribution >= 0.6 is 12.4 Å². The normalized spacial score (nSPS) is 15.6. The summed E-state index contributed by atoms with van der Waals surface area (Å²) in [5, 5.41) is 2.98. The third-order valence-corrected chi connectivity index (χ3v) is 3.30. The van der Waals surface area contributed by atoms with Crippen LogP contribution in [0.2, 0.25) is 0 Å². The van der Waals surface area contributed by atoms with Crippen LogP contribution in [-0.2, 0) is 4.79 Å². The number of hydrogen-bond acceptors (Lipinski definition) is 2. The second kappa shape index (κ2) is 7.39. The number of amides is 1. The molecular weight excluding hydrogens is 248 g/mol. The second-order valence-electron chi connectivity index (χ2n) is 4.72. The van der Waals surface area contributed by atoms with E-state index in [0.29, 0.717) is 6.54 Å². The summed E-state index contributed by atoms with van der Waals surface area (Å²) >= 11 is 0. The highest BCUT2D eigenvalue weighted by Crippen LogP contribution is 2.31. The van der Waals surface area contributed by atoms with E-state index in [9.17, 15) is 4.79 Å². The molecule has 3 N–H and O–H groups in total. The Bertz CT molecular complexity index is 365. The van der Waals surface area contributed by atoms with Crippen LogP contribution in [0.1, 0.15) is 30.7 Å². The molecule has 0 radical (unpaired) electrons. The molecule has 0 saturated heterocycles. The molecule has 1 aliphatic carbocycles. The molecule has 0 aliphatic heterocycles. The van der Waals surface area contributed by atoms with Gasteiger partial charge in [0.1, 0.15) is 0 Å². The van der Waals surface area contributed by atoms with Crippen molar-refractivity contribution in [2.24, 2.45) is 11.7 Å². The average Bonchev–Trinajstić information content (AvgIpc) is 3.15. The van der Waals surface area contributed by atoms with Crippen molar-refractivity contribution in [1.29, 1.82) is 0 Å². The van der Waals surface area contributed by atoms with E-state index in [1.165, 1.54) is 12.8 Å². The third kappa shape index (κ3) is 4.31. The summed E-state index contributed by atoms with van der Waals surface area (Å²) in [6.07, 6.45) is 3.77. The topological polar surface area (TPSA) is 55.1 Å². The highest BCUT2D eigenvalue weighted by atomic mass is 35.5. The van der Waals surface area contributed by atoms with Crippen molar-refractivity contribution in [3.8, 4) is 0 Å². The van der Waals surface area contributed by atoms with Gasteiger partial charge in [0.2, 0.25) is 5.91 Å². The summed E-state index contributed by atoms with van der Waals surface area (Å²) in [6.45, 7) is 1.14. The molecule has 3 nitrogen and oxygen atoms in total. The maximum Gasteiger partial charge on any atom is 0.228 e. The monoisotopic (exact) mass is 268 g/mol. The number of nitrogens with one attached hydrogen (secondary N) is 1. The number of halogens is 1. The number of carbonyl (C=O) groups is 1. The van der Waals surface area contributed by atoms with Gasteiger partial charge in [0, 0.05) is 13.1 Å². The van der Waals surface area contributed by atoms with E-state index >= 15 is 0 Å². The van der Waals surface area contributed by atoms with Crippen molar-refractivity contribution in [3.05, 3.63) is 35.9 Å². The van der Waals surface area contributed by atoms with Gasteiger partial charge in [0.15, 0.2) is 0 Å². The molecule has 0 bridgehead atoms. The summed E-state index contributed by atoms with van der Waals surface area (Å²) in [5.74, 6) is 0.693. The summed E-state index contributed by atoms with van der Waals surface area (Å²) in [7, 11) is 0. The fourth-order valence-corrected chi connectivity index (χ4v) is 2.01. The van der Waals surface area contributed by atoms with E-state index in [1.807, 2.05) is 30.3 Å². The zero-order chi connectivity index (χ0) is 12.1. The molecule has 1 fully saturated rings. The van der Waals surface area contributed by atoms with Gasteiger partial charge in [0.25, 0.3) is 0 Å². The molecule has 1 aromatic rings. The Morgan fingerprint density at radius 2 is 2.00 bits per heavy atom. The molecule has 1 unspecified atom stereocenters. The zero-order valence-corrected chi connectivity index (χ0v) is 11.3. The molecule has 2 rings (SSSR count). The molecule has 1 aliphatic rings. The second-order valence-corrected chi connectivity index (χ2v) is 4.72. The molecule has 0 spiro atoms. The predicted molar refractivity (Wildman–Crippen MR) is 75.8 cm³/mol. The summed E-state index contributed by atoms with van der Waals surface area (Å²) in [4.78, 5) is 12.0. The Morgan fingerprint density at radius 1 is 1.33 bits per heavy atom. The van der Waals surface area contributed by atoms with Crippen LogP contribution in [-0.4, -0.2) is 19.0 Å². The maximum absolute atomic E-state index is 12.0. The van der Waals surface area contributed by atoms with Gasteiger partial charge in [-0.25, -0.2) is 0 Å². The first-order valence-corrected chi connectivity index (χ1v) is 6.34. The molecule has 1 amide bonds. The molecule has 1 saturated carbocycles. The number of rotatable bonds is 6. The van der Waals surface area contributed by atoms with Crippen LogP contribution in [0.3, 0.4) is 0 Å². The number of hydrogen-bond donors (Lipinski definition) is 2. The van der Waals surface area contributed by atoms with E-state index in [4.69, 9.17) is 5.73 Å². The first-order valence-electron chi connectivity index (χ1n) is 6.34. The van der Waals surface area contributed by atoms with Crippen molar-refractivity contribution in [2.75, 3.05) is 13.1 Å². The van der Waals surface area contributed by atoms with Gasteiger partial charge < -0.3 is 11.1 Å². The lowest BCUT2D eigenvalue weighted by atomic mass is 9.98. The molecule has 1 atom stereocenters. The van der Waals surface area contributed by atoms with Crippen LogP contribution in [0.4, 0.5) is 0 Å². The first-order chi connectivity index (χ1) is 8.31. The molecule has 4 heteroatoms. The van der Waals surface area contributed by atoms with Gasteiger partial charge in [0.05, 0.1) is 5.92 Å². The highest BCUT2D eigenvalue weighted by molar-refractivity contribution is 5.85. The Hall–Kier alpha value is -1.06. The molecule has 0 heterocycles. The Labute approximate surface area is 115 Å². The lowest BCUT2D eigenvalue weighted by Gasteiger charge is -2.15. The lowest BCUT2D eigenvalue weighted by molar-refractivity contribution is -0.122. The number of carbonyl (C=O) groups excluding carboxylic acids is 1. The van der Waals surface area contributed by atoms with Gasteiger partial charge in [-0.15, -0.1) is 12.4 Å². The summed E-state index contributed by atoms with van der Waals surface area (Å²) in [6, 6.07) is 9.74. The van der Waals surface area contributed by atoms with E-state index in [2.05, 4.69) is 5.32 Å². The zero-order valence-electron chi connectivity index (χ0n) is 10.5. The van der Waals surface area contributed by atoms with Crippen LogP contribution in [0.15, 0.2) is 30.3 Å². The molecule has 18 heavy (non-hydrogen) atoms. The Morgan fingerprint density at radius 3 is 2.56 bits per heavy atom. The number of nitrogens with two attached hydrogens (primary N) is 1. The van der Waals surface area contributed by atoms with E-state index in [1.54, 1.807) is 0 Å².